The monoisotopic (exact) mass is 427 g/mol. The molecule has 0 unspecified atom stereocenters. The molecule has 0 saturated carbocycles. The van der Waals surface area contributed by atoms with Crippen molar-refractivity contribution in [2.45, 2.75) is 63.8 Å². The molecule has 5 rings (SSSR count). The van der Waals surface area contributed by atoms with Crippen LogP contribution in [0, 0.1) is 0 Å². The topological polar surface area (TPSA) is 67.1 Å². The maximum Gasteiger partial charge on any atom is 0.0607 e. The minimum atomic E-state index is 0.378. The molecule has 3 heterocycles. The highest BCUT2D eigenvalue weighted by molar-refractivity contribution is 5.27. The molecule has 5 nitrogen and oxygen atoms in total. The summed E-state index contributed by atoms with van der Waals surface area (Å²) in [5.74, 6) is 0. The van der Waals surface area contributed by atoms with E-state index in [9.17, 15) is 0 Å². The minimum absolute atomic E-state index is 0.378. The van der Waals surface area contributed by atoms with Crippen LogP contribution in [0.4, 0.5) is 0 Å². The summed E-state index contributed by atoms with van der Waals surface area (Å²) in [5.41, 5.74) is 13.6. The van der Waals surface area contributed by atoms with Crippen LogP contribution >= 0.6 is 0 Å². The van der Waals surface area contributed by atoms with Gasteiger partial charge in [-0.15, -0.1) is 0 Å². The molecule has 166 valence electrons. The molecule has 3 N–H and O–H groups in total. The first-order valence-electron chi connectivity index (χ1n) is 11.9. The minimum Gasteiger partial charge on any atom is -0.326 e. The van der Waals surface area contributed by atoms with Crippen LogP contribution < -0.4 is 11.1 Å². The van der Waals surface area contributed by atoms with Crippen molar-refractivity contribution in [2.24, 2.45) is 5.73 Å². The molecule has 2 aliphatic rings. The average Bonchev–Trinajstić information content (AvgIpc) is 2.86. The highest BCUT2D eigenvalue weighted by Gasteiger charge is 2.28. The molecule has 0 bridgehead atoms. The maximum absolute atomic E-state index is 5.80. The fraction of sp³-hybridized carbons (Fsp3) is 0.407. The first-order valence-corrected chi connectivity index (χ1v) is 11.9. The predicted molar refractivity (Wildman–Crippen MR) is 128 cm³/mol. The number of nitrogens with two attached hydrogens (primary N) is 1. The van der Waals surface area contributed by atoms with E-state index >= 15 is 0 Å². The fourth-order valence-electron chi connectivity index (χ4n) is 5.20. The lowest BCUT2D eigenvalue weighted by molar-refractivity contribution is 0.156. The summed E-state index contributed by atoms with van der Waals surface area (Å²) in [6.45, 7) is 3.49. The van der Waals surface area contributed by atoms with E-state index < -0.39 is 0 Å². The smallest absolute Gasteiger partial charge is 0.0607 e. The van der Waals surface area contributed by atoms with Gasteiger partial charge in [0.05, 0.1) is 11.7 Å². The maximum atomic E-state index is 5.80. The van der Waals surface area contributed by atoms with Crippen molar-refractivity contribution in [3.63, 3.8) is 0 Å². The molecule has 0 amide bonds. The summed E-state index contributed by atoms with van der Waals surface area (Å²) >= 11 is 0. The van der Waals surface area contributed by atoms with Gasteiger partial charge in [-0.1, -0.05) is 36.4 Å². The SMILES string of the molecule is NCc1ccc(CN(CC[C@H]2Cc3ncccc3CN2)[C@H]2CCCc3cccnc32)cc1. The van der Waals surface area contributed by atoms with Crippen molar-refractivity contribution in [3.05, 3.63) is 94.6 Å². The van der Waals surface area contributed by atoms with Crippen LogP contribution in [0.3, 0.4) is 0 Å². The average molecular weight is 428 g/mol. The first-order chi connectivity index (χ1) is 15.8. The van der Waals surface area contributed by atoms with Gasteiger partial charge in [0, 0.05) is 56.7 Å². The molecule has 2 aromatic heterocycles. The summed E-state index contributed by atoms with van der Waals surface area (Å²) < 4.78 is 0. The molecule has 0 fully saturated rings. The quantitative estimate of drug-likeness (QED) is 0.598. The van der Waals surface area contributed by atoms with E-state index in [0.717, 1.165) is 38.9 Å². The number of nitrogens with one attached hydrogen (secondary N) is 1. The first kappa shape index (κ1) is 21.3. The zero-order valence-electron chi connectivity index (χ0n) is 18.7. The Hall–Kier alpha value is -2.60. The standard InChI is InChI=1S/C27H33N5/c28-17-20-8-10-21(11-9-20)19-32(26-7-1-4-22-5-2-14-30-27(22)26)15-12-24-16-25-23(18-31-24)6-3-13-29-25/h2-3,5-6,8-11,13-14,24,26,31H,1,4,7,12,15-19,28H2/t24-,26-/m0/s1. The van der Waals surface area contributed by atoms with E-state index in [4.69, 9.17) is 10.7 Å². The van der Waals surface area contributed by atoms with Crippen LogP contribution in [0.5, 0.6) is 0 Å². The lowest BCUT2D eigenvalue weighted by Gasteiger charge is -2.36. The molecule has 0 radical (unpaired) electrons. The van der Waals surface area contributed by atoms with Crippen LogP contribution in [0.25, 0.3) is 0 Å². The largest absolute Gasteiger partial charge is 0.326 e. The zero-order chi connectivity index (χ0) is 21.8. The number of hydrogen-bond donors (Lipinski definition) is 2. The van der Waals surface area contributed by atoms with Gasteiger partial charge in [0.25, 0.3) is 0 Å². The van der Waals surface area contributed by atoms with Gasteiger partial charge in [0.15, 0.2) is 0 Å². The summed E-state index contributed by atoms with van der Waals surface area (Å²) in [6, 6.07) is 18.2. The molecule has 0 spiro atoms. The summed E-state index contributed by atoms with van der Waals surface area (Å²) in [7, 11) is 0. The number of benzene rings is 1. The van der Waals surface area contributed by atoms with Gasteiger partial charge < -0.3 is 11.1 Å². The van der Waals surface area contributed by atoms with Gasteiger partial charge in [-0.25, -0.2) is 0 Å². The fourth-order valence-corrected chi connectivity index (χ4v) is 5.20. The molecule has 1 aliphatic carbocycles. The number of nitrogens with zero attached hydrogens (tertiary/aromatic N) is 3. The van der Waals surface area contributed by atoms with Crippen molar-refractivity contribution < 1.29 is 0 Å². The second kappa shape index (κ2) is 9.90. The van der Waals surface area contributed by atoms with E-state index in [-0.39, 0.29) is 0 Å². The summed E-state index contributed by atoms with van der Waals surface area (Å²) in [4.78, 5) is 12.1. The molecule has 3 aromatic rings. The van der Waals surface area contributed by atoms with Gasteiger partial charge in [-0.3, -0.25) is 14.9 Å². The molecule has 0 saturated heterocycles. The molecule has 2 atom stereocenters. The molecular formula is C27H33N5. The van der Waals surface area contributed by atoms with Gasteiger partial charge in [0.1, 0.15) is 0 Å². The number of aryl methyl sites for hydroxylation is 1. The normalized spacial score (nSPS) is 20.1. The number of pyridine rings is 2. The van der Waals surface area contributed by atoms with Crippen molar-refractivity contribution in [3.8, 4) is 0 Å². The molecule has 32 heavy (non-hydrogen) atoms. The highest BCUT2D eigenvalue weighted by Crippen LogP contribution is 2.34. The van der Waals surface area contributed by atoms with Gasteiger partial charge >= 0.3 is 0 Å². The third kappa shape index (κ3) is 4.75. The van der Waals surface area contributed by atoms with Crippen molar-refractivity contribution in [2.75, 3.05) is 6.54 Å². The summed E-state index contributed by atoms with van der Waals surface area (Å²) in [5, 5.41) is 3.74. The van der Waals surface area contributed by atoms with E-state index in [2.05, 4.69) is 57.7 Å². The van der Waals surface area contributed by atoms with E-state index in [1.807, 2.05) is 18.5 Å². The van der Waals surface area contributed by atoms with Crippen molar-refractivity contribution in [1.29, 1.82) is 0 Å². The van der Waals surface area contributed by atoms with Crippen molar-refractivity contribution in [1.82, 2.24) is 20.2 Å². The molecule has 5 heteroatoms. The Kier molecular flexibility index (Phi) is 6.58. The van der Waals surface area contributed by atoms with Gasteiger partial charge in [0.2, 0.25) is 0 Å². The second-order valence-corrected chi connectivity index (χ2v) is 9.13. The lowest BCUT2D eigenvalue weighted by Crippen LogP contribution is -2.40. The predicted octanol–water partition coefficient (Wildman–Crippen LogP) is 3.92. The Bertz CT molecular complexity index is 1030. The van der Waals surface area contributed by atoms with Crippen LogP contribution in [0.2, 0.25) is 0 Å². The number of fused-ring (bicyclic) bond motifs is 2. The second-order valence-electron chi connectivity index (χ2n) is 9.13. The number of hydrogen-bond acceptors (Lipinski definition) is 5. The Labute approximate surface area is 191 Å². The highest BCUT2D eigenvalue weighted by atomic mass is 15.2. The molecular weight excluding hydrogens is 394 g/mol. The zero-order valence-corrected chi connectivity index (χ0v) is 18.7. The summed E-state index contributed by atoms with van der Waals surface area (Å²) in [6.07, 6.45) is 9.54. The van der Waals surface area contributed by atoms with Gasteiger partial charge in [-0.2, -0.15) is 0 Å². The van der Waals surface area contributed by atoms with E-state index in [1.54, 1.807) is 0 Å². The Balaban J connectivity index is 1.34. The van der Waals surface area contributed by atoms with E-state index in [0.29, 0.717) is 18.6 Å². The number of rotatable bonds is 7. The van der Waals surface area contributed by atoms with Crippen LogP contribution in [0.1, 0.15) is 58.9 Å². The number of aromatic nitrogens is 2. The van der Waals surface area contributed by atoms with E-state index in [1.165, 1.54) is 46.5 Å². The van der Waals surface area contributed by atoms with Crippen LogP contribution in [-0.2, 0) is 32.5 Å². The van der Waals surface area contributed by atoms with Gasteiger partial charge in [-0.05, 0) is 60.1 Å². The van der Waals surface area contributed by atoms with Crippen LogP contribution in [0.15, 0.2) is 60.9 Å². The molecule has 1 aromatic carbocycles. The third-order valence-corrected chi connectivity index (χ3v) is 7.02. The van der Waals surface area contributed by atoms with Crippen molar-refractivity contribution >= 4 is 0 Å². The Morgan fingerprint density at radius 2 is 1.75 bits per heavy atom. The van der Waals surface area contributed by atoms with Crippen LogP contribution in [-0.4, -0.2) is 27.5 Å². The lowest BCUT2D eigenvalue weighted by atomic mass is 9.90. The Morgan fingerprint density at radius 3 is 2.59 bits per heavy atom. The Morgan fingerprint density at radius 1 is 0.969 bits per heavy atom. The third-order valence-electron chi connectivity index (χ3n) is 7.02. The molecule has 1 aliphatic heterocycles.